The fourth-order valence-corrected chi connectivity index (χ4v) is 4.37. The second kappa shape index (κ2) is 5.08. The van der Waals surface area contributed by atoms with Crippen molar-refractivity contribution in [2.45, 2.75) is 0 Å². The van der Waals surface area contributed by atoms with Gasteiger partial charge in [0.1, 0.15) is 0 Å². The summed E-state index contributed by atoms with van der Waals surface area (Å²) >= 11 is 0. The van der Waals surface area contributed by atoms with E-state index in [4.69, 9.17) is 2.74 Å². The third-order valence-electron chi connectivity index (χ3n) is 5.50. The first-order chi connectivity index (χ1) is 14.5. The third-order valence-corrected chi connectivity index (χ3v) is 5.50. The van der Waals surface area contributed by atoms with E-state index in [-0.39, 0.29) is 11.7 Å². The normalized spacial score (nSPS) is 13.0. The standard InChI is InChI=1S/C24H15NO3/c26-19-12-11-18(23(27)24(19)28)25-17-10-2-1-7-14(17)21-15-8-3-5-13-6-4-9-16(20(13)15)22(21)25/h1-12,26-28H/i11D,12D. The molecule has 0 radical (unpaired) electrons. The van der Waals surface area contributed by atoms with E-state index in [1.807, 2.05) is 54.6 Å². The van der Waals surface area contributed by atoms with E-state index in [0.717, 1.165) is 44.1 Å². The summed E-state index contributed by atoms with van der Waals surface area (Å²) in [7, 11) is 0. The quantitative estimate of drug-likeness (QED) is 0.334. The van der Waals surface area contributed by atoms with Crippen molar-refractivity contribution in [1.82, 2.24) is 4.57 Å². The Morgan fingerprint density at radius 2 is 1.50 bits per heavy atom. The van der Waals surface area contributed by atoms with E-state index in [1.165, 1.54) is 0 Å². The summed E-state index contributed by atoms with van der Waals surface area (Å²) in [6, 6.07) is 18.9. The van der Waals surface area contributed by atoms with Crippen LogP contribution in [-0.4, -0.2) is 19.9 Å². The molecule has 28 heavy (non-hydrogen) atoms. The minimum atomic E-state index is -0.806. The maximum absolute atomic E-state index is 10.7. The fraction of sp³-hybridized carbons (Fsp3) is 0. The van der Waals surface area contributed by atoms with Gasteiger partial charge in [-0.3, -0.25) is 0 Å². The molecule has 4 aromatic carbocycles. The molecule has 0 bridgehead atoms. The van der Waals surface area contributed by atoms with E-state index in [9.17, 15) is 15.3 Å². The predicted molar refractivity (Wildman–Crippen MR) is 110 cm³/mol. The Labute approximate surface area is 163 Å². The molecular formula is C24H15NO3. The first-order valence-corrected chi connectivity index (χ1v) is 8.91. The highest BCUT2D eigenvalue weighted by molar-refractivity contribution is 6.21. The summed E-state index contributed by atoms with van der Waals surface area (Å²) < 4.78 is 18.2. The van der Waals surface area contributed by atoms with Crippen LogP contribution in [0.3, 0.4) is 0 Å². The van der Waals surface area contributed by atoms with Gasteiger partial charge in [0.2, 0.25) is 5.75 Å². The SMILES string of the molecule is [2H]c1c([2H])c(-n2c3c(c4ccccc42)-c2cccc4cccc-3c24)c(O)c(O)c1O. The van der Waals surface area contributed by atoms with Gasteiger partial charge in [-0.25, -0.2) is 0 Å². The molecular weight excluding hydrogens is 350 g/mol. The molecule has 0 aliphatic heterocycles. The Morgan fingerprint density at radius 3 is 2.32 bits per heavy atom. The maximum Gasteiger partial charge on any atom is 0.202 e. The van der Waals surface area contributed by atoms with E-state index < -0.39 is 23.3 Å². The zero-order chi connectivity index (χ0) is 20.7. The lowest BCUT2D eigenvalue weighted by atomic mass is 10.0. The summed E-state index contributed by atoms with van der Waals surface area (Å²) in [5.41, 5.74) is 4.49. The molecule has 1 aromatic heterocycles. The molecule has 0 saturated heterocycles. The molecule has 3 N–H and O–H groups in total. The molecule has 134 valence electrons. The lowest BCUT2D eigenvalue weighted by Crippen LogP contribution is -1.97. The average molecular weight is 367 g/mol. The number of rotatable bonds is 1. The summed E-state index contributed by atoms with van der Waals surface area (Å²) in [4.78, 5) is 0. The van der Waals surface area contributed by atoms with Gasteiger partial charge in [0.15, 0.2) is 11.5 Å². The largest absolute Gasteiger partial charge is 0.504 e. The number of phenolic OH excluding ortho intramolecular Hbond substituents is 3. The zero-order valence-electron chi connectivity index (χ0n) is 16.6. The lowest BCUT2D eigenvalue weighted by Gasteiger charge is -2.14. The van der Waals surface area contributed by atoms with Crippen molar-refractivity contribution in [3.63, 3.8) is 0 Å². The van der Waals surface area contributed by atoms with Gasteiger partial charge in [-0.2, -0.15) is 0 Å². The first kappa shape index (κ1) is 13.3. The molecule has 0 saturated carbocycles. The van der Waals surface area contributed by atoms with Gasteiger partial charge in [-0.1, -0.05) is 54.6 Å². The Balaban J connectivity index is 1.87. The van der Waals surface area contributed by atoms with Crippen molar-refractivity contribution in [3.8, 4) is 45.3 Å². The number of benzene rings is 4. The predicted octanol–water partition coefficient (Wildman–Crippen LogP) is 5.55. The van der Waals surface area contributed by atoms with Crippen molar-refractivity contribution in [2.24, 2.45) is 0 Å². The number of para-hydroxylation sites is 1. The number of hydrogen-bond donors (Lipinski definition) is 3. The average Bonchev–Trinajstić information content (AvgIpc) is 3.27. The van der Waals surface area contributed by atoms with E-state index >= 15 is 0 Å². The molecule has 0 fully saturated rings. The van der Waals surface area contributed by atoms with Crippen LogP contribution in [-0.2, 0) is 0 Å². The summed E-state index contributed by atoms with van der Waals surface area (Å²) in [6.45, 7) is 0. The molecule has 1 heterocycles. The van der Waals surface area contributed by atoms with Crippen LogP contribution in [0.5, 0.6) is 17.2 Å². The Hall–Kier alpha value is -3.92. The molecule has 4 nitrogen and oxygen atoms in total. The van der Waals surface area contributed by atoms with Crippen LogP contribution < -0.4 is 0 Å². The fourth-order valence-electron chi connectivity index (χ4n) is 4.37. The van der Waals surface area contributed by atoms with Crippen LogP contribution in [0.15, 0.2) is 72.7 Å². The highest BCUT2D eigenvalue weighted by atomic mass is 16.3. The molecule has 6 rings (SSSR count). The molecule has 1 aliphatic carbocycles. The van der Waals surface area contributed by atoms with Crippen molar-refractivity contribution in [2.75, 3.05) is 0 Å². The minimum Gasteiger partial charge on any atom is -0.504 e. The number of hydrogen-bond acceptors (Lipinski definition) is 3. The van der Waals surface area contributed by atoms with Crippen LogP contribution in [0.25, 0.3) is 49.7 Å². The Morgan fingerprint density at radius 1 is 0.750 bits per heavy atom. The van der Waals surface area contributed by atoms with Gasteiger partial charge in [-0.05, 0) is 34.5 Å². The van der Waals surface area contributed by atoms with Gasteiger partial charge in [0.05, 0.1) is 19.6 Å². The van der Waals surface area contributed by atoms with Crippen LogP contribution in [0, 0.1) is 0 Å². The molecule has 0 amide bonds. The maximum atomic E-state index is 10.7. The van der Waals surface area contributed by atoms with Gasteiger partial charge < -0.3 is 19.9 Å². The van der Waals surface area contributed by atoms with Gasteiger partial charge >= 0.3 is 0 Å². The molecule has 5 aromatic rings. The molecule has 0 atom stereocenters. The number of aromatic nitrogens is 1. The van der Waals surface area contributed by atoms with Gasteiger partial charge in [-0.15, -0.1) is 0 Å². The van der Waals surface area contributed by atoms with E-state index in [0.29, 0.717) is 0 Å². The first-order valence-electron chi connectivity index (χ1n) is 9.91. The molecule has 0 spiro atoms. The topological polar surface area (TPSA) is 65.6 Å². The molecule has 1 aliphatic rings. The number of phenols is 3. The lowest BCUT2D eigenvalue weighted by molar-refractivity contribution is 0.367. The highest BCUT2D eigenvalue weighted by Crippen LogP contribution is 2.53. The summed E-state index contributed by atoms with van der Waals surface area (Å²) in [5.74, 6) is -2.23. The van der Waals surface area contributed by atoms with Crippen LogP contribution in [0.1, 0.15) is 2.74 Å². The molecule has 0 unspecified atom stereocenters. The number of fused-ring (bicyclic) bond motifs is 5. The summed E-state index contributed by atoms with van der Waals surface area (Å²) in [6.07, 6.45) is 0. The Bertz CT molecular complexity index is 1520. The summed E-state index contributed by atoms with van der Waals surface area (Å²) in [5, 5.41) is 34.0. The van der Waals surface area contributed by atoms with Crippen LogP contribution >= 0.6 is 0 Å². The van der Waals surface area contributed by atoms with E-state index in [1.54, 1.807) is 4.57 Å². The third kappa shape index (κ3) is 1.70. The smallest absolute Gasteiger partial charge is 0.202 e. The van der Waals surface area contributed by atoms with E-state index in [2.05, 4.69) is 6.07 Å². The zero-order valence-corrected chi connectivity index (χ0v) is 14.6. The second-order valence-corrected chi connectivity index (χ2v) is 6.93. The van der Waals surface area contributed by atoms with Crippen molar-refractivity contribution >= 4 is 21.7 Å². The highest BCUT2D eigenvalue weighted by Gasteiger charge is 2.30. The number of aromatic hydroxyl groups is 3. The van der Waals surface area contributed by atoms with Crippen molar-refractivity contribution in [3.05, 3.63) is 72.7 Å². The Kier molecular flexibility index (Phi) is 2.41. The van der Waals surface area contributed by atoms with Gasteiger partial charge in [0, 0.05) is 16.5 Å². The van der Waals surface area contributed by atoms with Crippen molar-refractivity contribution in [1.29, 1.82) is 0 Å². The minimum absolute atomic E-state index is 0.0300. The monoisotopic (exact) mass is 367 g/mol. The van der Waals surface area contributed by atoms with Crippen LogP contribution in [0.4, 0.5) is 0 Å². The van der Waals surface area contributed by atoms with Crippen LogP contribution in [0.2, 0.25) is 0 Å². The second-order valence-electron chi connectivity index (χ2n) is 6.93. The molecule has 4 heteroatoms. The number of nitrogens with zero attached hydrogens (tertiary/aromatic N) is 1. The van der Waals surface area contributed by atoms with Crippen molar-refractivity contribution < 1.29 is 18.1 Å². The van der Waals surface area contributed by atoms with Gasteiger partial charge in [0.25, 0.3) is 0 Å².